The van der Waals surface area contributed by atoms with Gasteiger partial charge in [0.25, 0.3) is 5.69 Å². The summed E-state index contributed by atoms with van der Waals surface area (Å²) in [5, 5.41) is 20.6. The van der Waals surface area contributed by atoms with Crippen molar-refractivity contribution in [3.05, 3.63) is 52.1 Å². The highest BCUT2D eigenvalue weighted by molar-refractivity contribution is 5.34. The third-order valence-electron chi connectivity index (χ3n) is 2.95. The van der Waals surface area contributed by atoms with Gasteiger partial charge < -0.3 is 9.84 Å². The van der Waals surface area contributed by atoms with Crippen LogP contribution in [-0.4, -0.2) is 23.2 Å². The summed E-state index contributed by atoms with van der Waals surface area (Å²) in [7, 11) is 1.63. The fourth-order valence-electron chi connectivity index (χ4n) is 1.78. The number of nitrogens with zero attached hydrogens (tertiary/aromatic N) is 1. The Morgan fingerprint density at radius 3 is 2.47 bits per heavy atom. The Morgan fingerprint density at radius 1 is 1.42 bits per heavy atom. The molecule has 0 heterocycles. The number of aliphatic hydroxyl groups excluding tert-OH is 1. The van der Waals surface area contributed by atoms with E-state index in [1.54, 1.807) is 19.2 Å². The van der Waals surface area contributed by atoms with Crippen LogP contribution in [0.5, 0.6) is 0 Å². The van der Waals surface area contributed by atoms with Crippen LogP contribution < -0.4 is 0 Å². The number of rotatable bonds is 7. The predicted octanol–water partition coefficient (Wildman–Crippen LogP) is 3.00. The van der Waals surface area contributed by atoms with Gasteiger partial charge in [0, 0.05) is 19.2 Å². The van der Waals surface area contributed by atoms with Crippen LogP contribution in [0.3, 0.4) is 0 Å². The minimum absolute atomic E-state index is 0.0165. The van der Waals surface area contributed by atoms with Gasteiger partial charge in [0.2, 0.25) is 0 Å². The molecule has 5 heteroatoms. The van der Waals surface area contributed by atoms with Gasteiger partial charge in [-0.3, -0.25) is 10.1 Å². The molecule has 0 unspecified atom stereocenters. The summed E-state index contributed by atoms with van der Waals surface area (Å²) < 4.78 is 5.13. The number of nitro benzene ring substituents is 1. The lowest BCUT2D eigenvalue weighted by molar-refractivity contribution is -0.384. The largest absolute Gasteiger partial charge is 0.388 e. The Bertz CT molecular complexity index is 441. The highest BCUT2D eigenvalue weighted by Crippen LogP contribution is 2.24. The topological polar surface area (TPSA) is 72.6 Å². The van der Waals surface area contributed by atoms with Crippen molar-refractivity contribution in [1.29, 1.82) is 0 Å². The number of ether oxygens (including phenoxy) is 1. The molecule has 0 fully saturated rings. The smallest absolute Gasteiger partial charge is 0.269 e. The van der Waals surface area contributed by atoms with Crippen molar-refractivity contribution in [3.63, 3.8) is 0 Å². The zero-order valence-corrected chi connectivity index (χ0v) is 11.2. The molecule has 0 saturated heterocycles. The number of methoxy groups -OCH3 is 1. The molecule has 2 atom stereocenters. The van der Waals surface area contributed by atoms with Crippen LogP contribution in [0.1, 0.15) is 31.4 Å². The van der Waals surface area contributed by atoms with E-state index >= 15 is 0 Å². The van der Waals surface area contributed by atoms with Crippen LogP contribution in [0.15, 0.2) is 36.4 Å². The lowest BCUT2D eigenvalue weighted by atomic mass is 9.99. The number of hydrogen-bond acceptors (Lipinski definition) is 4. The van der Waals surface area contributed by atoms with Crippen molar-refractivity contribution in [1.82, 2.24) is 0 Å². The Morgan fingerprint density at radius 2 is 2.00 bits per heavy atom. The molecular weight excluding hydrogens is 246 g/mol. The standard InChI is InChI=1S/C14H19NO4/c1-10(8-11(2)19-3)9-14(16)12-4-6-13(7-5-12)15(17)18/h4-7,11,14,16H,1,8-9H2,2-3H3/t11-,14+/m0/s1. The van der Waals surface area contributed by atoms with E-state index in [0.29, 0.717) is 18.4 Å². The molecule has 1 aromatic carbocycles. The van der Waals surface area contributed by atoms with Gasteiger partial charge in [0.15, 0.2) is 0 Å². The molecule has 0 aliphatic heterocycles. The third-order valence-corrected chi connectivity index (χ3v) is 2.95. The van der Waals surface area contributed by atoms with Crippen molar-refractivity contribution < 1.29 is 14.8 Å². The predicted molar refractivity (Wildman–Crippen MR) is 72.9 cm³/mol. The van der Waals surface area contributed by atoms with Gasteiger partial charge in [-0.05, 0) is 37.5 Å². The van der Waals surface area contributed by atoms with E-state index in [1.165, 1.54) is 12.1 Å². The van der Waals surface area contributed by atoms with E-state index in [4.69, 9.17) is 4.74 Å². The molecule has 1 rings (SSSR count). The summed E-state index contributed by atoms with van der Waals surface area (Å²) in [6.07, 6.45) is 0.473. The van der Waals surface area contributed by atoms with Crippen LogP contribution in [-0.2, 0) is 4.74 Å². The lowest BCUT2D eigenvalue weighted by Crippen LogP contribution is -2.07. The number of hydrogen-bond donors (Lipinski definition) is 1. The lowest BCUT2D eigenvalue weighted by Gasteiger charge is -2.15. The first-order valence-electron chi connectivity index (χ1n) is 6.06. The summed E-state index contributed by atoms with van der Waals surface area (Å²) in [6, 6.07) is 5.91. The maximum atomic E-state index is 10.5. The molecular formula is C14H19NO4. The van der Waals surface area contributed by atoms with Crippen LogP contribution in [0.4, 0.5) is 5.69 Å². The van der Waals surface area contributed by atoms with E-state index in [0.717, 1.165) is 5.57 Å². The molecule has 1 N–H and O–H groups in total. The average molecular weight is 265 g/mol. The molecule has 0 amide bonds. The molecule has 19 heavy (non-hydrogen) atoms. The monoisotopic (exact) mass is 265 g/mol. The highest BCUT2D eigenvalue weighted by atomic mass is 16.6. The quantitative estimate of drug-likeness (QED) is 0.467. The van der Waals surface area contributed by atoms with Crippen LogP contribution in [0.25, 0.3) is 0 Å². The Hall–Kier alpha value is -1.72. The second-order valence-corrected chi connectivity index (χ2v) is 4.57. The minimum Gasteiger partial charge on any atom is -0.388 e. The minimum atomic E-state index is -0.697. The molecule has 5 nitrogen and oxygen atoms in total. The first kappa shape index (κ1) is 15.3. The molecule has 104 valence electrons. The summed E-state index contributed by atoms with van der Waals surface area (Å²) in [5.74, 6) is 0. The van der Waals surface area contributed by atoms with E-state index in [1.807, 2.05) is 6.92 Å². The number of non-ortho nitro benzene ring substituents is 1. The highest BCUT2D eigenvalue weighted by Gasteiger charge is 2.13. The first-order valence-corrected chi connectivity index (χ1v) is 6.06. The van der Waals surface area contributed by atoms with Gasteiger partial charge in [-0.15, -0.1) is 0 Å². The Kier molecular flexibility index (Phi) is 5.66. The second-order valence-electron chi connectivity index (χ2n) is 4.57. The van der Waals surface area contributed by atoms with Gasteiger partial charge in [-0.2, -0.15) is 0 Å². The van der Waals surface area contributed by atoms with E-state index in [9.17, 15) is 15.2 Å². The van der Waals surface area contributed by atoms with Crippen LogP contribution in [0, 0.1) is 10.1 Å². The van der Waals surface area contributed by atoms with Gasteiger partial charge in [-0.1, -0.05) is 12.2 Å². The molecule has 0 aliphatic carbocycles. The van der Waals surface area contributed by atoms with Gasteiger partial charge in [0.05, 0.1) is 17.1 Å². The zero-order chi connectivity index (χ0) is 14.4. The van der Waals surface area contributed by atoms with E-state index in [-0.39, 0.29) is 11.8 Å². The molecule has 1 aromatic rings. The fourth-order valence-corrected chi connectivity index (χ4v) is 1.78. The summed E-state index contributed by atoms with van der Waals surface area (Å²) in [5.41, 5.74) is 1.56. The summed E-state index contributed by atoms with van der Waals surface area (Å²) >= 11 is 0. The molecule has 0 aliphatic rings. The van der Waals surface area contributed by atoms with Gasteiger partial charge >= 0.3 is 0 Å². The Labute approximate surface area is 112 Å². The van der Waals surface area contributed by atoms with Crippen molar-refractivity contribution in [3.8, 4) is 0 Å². The van der Waals surface area contributed by atoms with Crippen molar-refractivity contribution in [2.75, 3.05) is 7.11 Å². The van der Waals surface area contributed by atoms with Crippen molar-refractivity contribution >= 4 is 5.69 Å². The average Bonchev–Trinajstić information content (AvgIpc) is 2.38. The maximum Gasteiger partial charge on any atom is 0.269 e. The first-order chi connectivity index (χ1) is 8.93. The molecule has 0 saturated carbocycles. The van der Waals surface area contributed by atoms with E-state index in [2.05, 4.69) is 6.58 Å². The van der Waals surface area contributed by atoms with Gasteiger partial charge in [-0.25, -0.2) is 0 Å². The van der Waals surface area contributed by atoms with E-state index < -0.39 is 11.0 Å². The molecule has 0 spiro atoms. The molecule has 0 radical (unpaired) electrons. The number of aliphatic hydroxyl groups is 1. The van der Waals surface area contributed by atoms with Crippen LogP contribution in [0.2, 0.25) is 0 Å². The normalized spacial score (nSPS) is 13.8. The van der Waals surface area contributed by atoms with Crippen molar-refractivity contribution in [2.45, 2.75) is 32.0 Å². The second kappa shape index (κ2) is 7.01. The zero-order valence-electron chi connectivity index (χ0n) is 11.2. The number of nitro groups is 1. The van der Waals surface area contributed by atoms with Crippen molar-refractivity contribution in [2.24, 2.45) is 0 Å². The molecule has 0 aromatic heterocycles. The van der Waals surface area contributed by atoms with Crippen LogP contribution >= 0.6 is 0 Å². The third kappa shape index (κ3) is 4.81. The number of benzene rings is 1. The maximum absolute atomic E-state index is 10.5. The molecule has 0 bridgehead atoms. The summed E-state index contributed by atoms with van der Waals surface area (Å²) in [4.78, 5) is 10.1. The summed E-state index contributed by atoms with van der Waals surface area (Å²) in [6.45, 7) is 5.84. The van der Waals surface area contributed by atoms with Gasteiger partial charge in [0.1, 0.15) is 0 Å². The fraction of sp³-hybridized carbons (Fsp3) is 0.429. The SMILES string of the molecule is C=C(C[C@@H](O)c1ccc([N+](=O)[O-])cc1)C[C@H](C)OC. The Balaban J connectivity index is 2.60.